The van der Waals surface area contributed by atoms with Gasteiger partial charge in [0.1, 0.15) is 18.8 Å². The summed E-state index contributed by atoms with van der Waals surface area (Å²) in [4.78, 5) is 2.49. The van der Waals surface area contributed by atoms with Gasteiger partial charge in [-0.05, 0) is 52.0 Å². The summed E-state index contributed by atoms with van der Waals surface area (Å²) in [5, 5.41) is 10.4. The first-order valence-corrected chi connectivity index (χ1v) is 9.58. The lowest BCUT2D eigenvalue weighted by molar-refractivity contribution is -0.0384. The normalized spacial score (nSPS) is 29.2. The van der Waals surface area contributed by atoms with E-state index in [0.717, 1.165) is 57.4 Å². The lowest BCUT2D eigenvalue weighted by Gasteiger charge is -2.47. The number of aliphatic hydroxyl groups is 1. The van der Waals surface area contributed by atoms with Crippen molar-refractivity contribution in [1.29, 1.82) is 0 Å². The molecule has 1 saturated heterocycles. The summed E-state index contributed by atoms with van der Waals surface area (Å²) in [6, 6.07) is 0.160. The number of aliphatic hydroxyl groups excluding tert-OH is 1. The molecule has 3 unspecified atom stereocenters. The smallest absolute Gasteiger partial charge is 0.156 e. The van der Waals surface area contributed by atoms with Gasteiger partial charge in [-0.25, -0.2) is 0 Å². The number of likely N-dealkylation sites (tertiary alicyclic amines) is 1. The number of piperidine rings is 1. The number of hydrogen-bond acceptors (Lipinski definition) is 4. The van der Waals surface area contributed by atoms with Crippen LogP contribution in [0.15, 0.2) is 48.3 Å². The van der Waals surface area contributed by atoms with Crippen LogP contribution >= 0.6 is 0 Å². The second-order valence-corrected chi connectivity index (χ2v) is 7.52. The molecular formula is C21H31NO3. The maximum atomic E-state index is 10.4. The second kappa shape index (κ2) is 8.24. The van der Waals surface area contributed by atoms with E-state index in [-0.39, 0.29) is 17.6 Å². The largest absolute Gasteiger partial charge is 0.466 e. The maximum absolute atomic E-state index is 10.4. The molecule has 1 aliphatic carbocycles. The Kier molecular flexibility index (Phi) is 6.02. The number of ether oxygens (including phenoxy) is 2. The number of nitrogens with zero attached hydrogens (tertiary/aromatic N) is 1. The molecule has 3 rings (SSSR count). The van der Waals surface area contributed by atoms with Crippen LogP contribution in [-0.4, -0.2) is 35.2 Å². The van der Waals surface area contributed by atoms with Crippen LogP contribution in [0.1, 0.15) is 52.4 Å². The molecule has 0 aromatic carbocycles. The van der Waals surface area contributed by atoms with Gasteiger partial charge in [-0.15, -0.1) is 0 Å². The zero-order valence-corrected chi connectivity index (χ0v) is 15.5. The molecule has 0 spiro atoms. The molecule has 25 heavy (non-hydrogen) atoms. The van der Waals surface area contributed by atoms with Gasteiger partial charge in [-0.2, -0.15) is 0 Å². The first-order chi connectivity index (χ1) is 12.1. The third-order valence-corrected chi connectivity index (χ3v) is 6.08. The third-order valence-electron chi connectivity index (χ3n) is 6.08. The van der Waals surface area contributed by atoms with Crippen molar-refractivity contribution in [2.75, 3.05) is 13.1 Å². The maximum Gasteiger partial charge on any atom is 0.156 e. The minimum Gasteiger partial charge on any atom is -0.466 e. The zero-order chi connectivity index (χ0) is 17.7. The fourth-order valence-electron chi connectivity index (χ4n) is 4.30. The van der Waals surface area contributed by atoms with Crippen molar-refractivity contribution in [3.05, 3.63) is 48.3 Å². The molecule has 138 valence electrons. The summed E-state index contributed by atoms with van der Waals surface area (Å²) in [6.07, 6.45) is 17.6. The van der Waals surface area contributed by atoms with Gasteiger partial charge in [0, 0.05) is 12.0 Å². The quantitative estimate of drug-likeness (QED) is 0.781. The first-order valence-electron chi connectivity index (χ1n) is 9.58. The van der Waals surface area contributed by atoms with E-state index in [1.54, 1.807) is 18.8 Å². The lowest BCUT2D eigenvalue weighted by atomic mass is 9.73. The lowest BCUT2D eigenvalue weighted by Crippen LogP contribution is -2.52. The van der Waals surface area contributed by atoms with Gasteiger partial charge in [0.25, 0.3) is 0 Å². The van der Waals surface area contributed by atoms with Crippen LogP contribution in [-0.2, 0) is 9.47 Å². The molecule has 2 heterocycles. The van der Waals surface area contributed by atoms with Gasteiger partial charge in [0.2, 0.25) is 0 Å². The Morgan fingerprint density at radius 3 is 2.88 bits per heavy atom. The van der Waals surface area contributed by atoms with Crippen LogP contribution in [0.5, 0.6) is 0 Å². The summed E-state index contributed by atoms with van der Waals surface area (Å²) >= 11 is 0. The molecule has 3 aliphatic rings. The van der Waals surface area contributed by atoms with E-state index >= 15 is 0 Å². The average molecular weight is 345 g/mol. The first kappa shape index (κ1) is 18.3. The Labute approximate surface area is 151 Å². The van der Waals surface area contributed by atoms with Crippen LogP contribution in [0, 0.1) is 5.41 Å². The van der Waals surface area contributed by atoms with Gasteiger partial charge >= 0.3 is 0 Å². The van der Waals surface area contributed by atoms with Crippen LogP contribution in [0.3, 0.4) is 0 Å². The minimum atomic E-state index is -0.296. The predicted molar refractivity (Wildman–Crippen MR) is 99.5 cm³/mol. The highest BCUT2D eigenvalue weighted by Crippen LogP contribution is 2.39. The zero-order valence-electron chi connectivity index (χ0n) is 15.5. The molecule has 0 saturated carbocycles. The summed E-state index contributed by atoms with van der Waals surface area (Å²) in [7, 11) is 0. The highest BCUT2D eigenvalue weighted by molar-refractivity contribution is 5.21. The fraction of sp³-hybridized carbons (Fsp3) is 0.619. The Morgan fingerprint density at radius 2 is 2.24 bits per heavy atom. The number of hydrogen-bond donors (Lipinski definition) is 1. The van der Waals surface area contributed by atoms with Crippen LogP contribution in [0.2, 0.25) is 0 Å². The van der Waals surface area contributed by atoms with Crippen molar-refractivity contribution in [3.63, 3.8) is 0 Å². The van der Waals surface area contributed by atoms with E-state index in [4.69, 9.17) is 9.47 Å². The van der Waals surface area contributed by atoms with Crippen molar-refractivity contribution < 1.29 is 14.6 Å². The molecule has 0 aromatic heterocycles. The van der Waals surface area contributed by atoms with E-state index in [1.165, 1.54) is 5.57 Å². The summed E-state index contributed by atoms with van der Waals surface area (Å²) in [5.74, 6) is 0.871. The Bertz CT molecular complexity index is 576. The molecule has 0 aromatic rings. The van der Waals surface area contributed by atoms with Gasteiger partial charge in [-0.1, -0.05) is 30.7 Å². The number of allylic oxidation sites excluding steroid dienone is 3. The van der Waals surface area contributed by atoms with Gasteiger partial charge in [-0.3, -0.25) is 4.90 Å². The van der Waals surface area contributed by atoms with E-state index in [0.29, 0.717) is 0 Å². The molecule has 0 bridgehead atoms. The van der Waals surface area contributed by atoms with Gasteiger partial charge in [0.05, 0.1) is 12.1 Å². The Hall–Kier alpha value is -1.52. The Morgan fingerprint density at radius 1 is 1.36 bits per heavy atom. The van der Waals surface area contributed by atoms with Crippen molar-refractivity contribution in [3.8, 4) is 0 Å². The average Bonchev–Trinajstić information content (AvgIpc) is 2.67. The van der Waals surface area contributed by atoms with E-state index in [2.05, 4.69) is 30.1 Å². The summed E-state index contributed by atoms with van der Waals surface area (Å²) in [6.45, 7) is 6.08. The third kappa shape index (κ3) is 4.18. The minimum absolute atomic E-state index is 0.0245. The highest BCUT2D eigenvalue weighted by atomic mass is 16.5. The van der Waals surface area contributed by atoms with Crippen LogP contribution in [0.4, 0.5) is 0 Å². The summed E-state index contributed by atoms with van der Waals surface area (Å²) < 4.78 is 11.2. The van der Waals surface area contributed by atoms with Crippen LogP contribution in [0.25, 0.3) is 0 Å². The van der Waals surface area contributed by atoms with E-state index < -0.39 is 0 Å². The van der Waals surface area contributed by atoms with Gasteiger partial charge < -0.3 is 14.6 Å². The van der Waals surface area contributed by atoms with E-state index in [9.17, 15) is 5.11 Å². The molecule has 2 aliphatic heterocycles. The van der Waals surface area contributed by atoms with Crippen molar-refractivity contribution >= 4 is 0 Å². The van der Waals surface area contributed by atoms with Gasteiger partial charge in [0.15, 0.2) is 5.76 Å². The molecular weight excluding hydrogens is 314 g/mol. The number of rotatable bonds is 6. The SMILES string of the molecule is CCC1(C(C)O)CCCN(C(CC2=CC=CCC2)C2=COC=CO2)C1. The van der Waals surface area contributed by atoms with Crippen molar-refractivity contribution in [1.82, 2.24) is 4.90 Å². The molecule has 4 nitrogen and oxygen atoms in total. The monoisotopic (exact) mass is 345 g/mol. The Balaban J connectivity index is 1.81. The molecule has 3 atom stereocenters. The van der Waals surface area contributed by atoms with Crippen LogP contribution < -0.4 is 0 Å². The molecule has 0 radical (unpaired) electrons. The van der Waals surface area contributed by atoms with Crippen molar-refractivity contribution in [2.24, 2.45) is 5.41 Å². The predicted octanol–water partition coefficient (Wildman–Crippen LogP) is 4.25. The van der Waals surface area contributed by atoms with Crippen molar-refractivity contribution in [2.45, 2.75) is 64.5 Å². The molecule has 0 amide bonds. The van der Waals surface area contributed by atoms with E-state index in [1.807, 2.05) is 6.92 Å². The fourth-order valence-corrected chi connectivity index (χ4v) is 4.30. The highest BCUT2D eigenvalue weighted by Gasteiger charge is 2.41. The topological polar surface area (TPSA) is 41.9 Å². The standard InChI is InChI=1S/C21H31NO3/c1-3-21(17(2)23)10-7-11-22(16-21)19(20-15-24-12-13-25-20)14-18-8-5-4-6-9-18/h4-5,8,12-13,15,17,19,23H,3,6-7,9-11,14,16H2,1-2H3. The summed E-state index contributed by atoms with van der Waals surface area (Å²) in [5.41, 5.74) is 1.43. The second-order valence-electron chi connectivity index (χ2n) is 7.52. The molecule has 1 fully saturated rings. The molecule has 4 heteroatoms. The molecule has 1 N–H and O–H groups in total.